The fourth-order valence-corrected chi connectivity index (χ4v) is 3.06. The summed E-state index contributed by atoms with van der Waals surface area (Å²) in [5.74, 6) is 0.362. The molecule has 0 aliphatic carbocycles. The molecule has 6 nitrogen and oxygen atoms in total. The van der Waals surface area contributed by atoms with Gasteiger partial charge in [0.05, 0.1) is 11.0 Å². The Labute approximate surface area is 154 Å². The van der Waals surface area contributed by atoms with Gasteiger partial charge in [-0.25, -0.2) is 4.98 Å². The van der Waals surface area contributed by atoms with Crippen molar-refractivity contribution in [2.75, 3.05) is 18.4 Å². The second-order valence-electron chi connectivity index (χ2n) is 5.83. The molecule has 1 unspecified atom stereocenters. The summed E-state index contributed by atoms with van der Waals surface area (Å²) < 4.78 is 6.69. The van der Waals surface area contributed by atoms with Crippen LogP contribution in [0.4, 0.5) is 5.69 Å². The molecule has 130 valence electrons. The quantitative estimate of drug-likeness (QED) is 0.850. The van der Waals surface area contributed by atoms with E-state index in [-0.39, 0.29) is 17.9 Å². The minimum atomic E-state index is -0.140. The Bertz CT molecular complexity index is 779. The van der Waals surface area contributed by atoms with Crippen LogP contribution in [0.5, 0.6) is 5.88 Å². The van der Waals surface area contributed by atoms with Gasteiger partial charge in [0.15, 0.2) is 0 Å². The summed E-state index contributed by atoms with van der Waals surface area (Å²) in [5, 5.41) is 2.68. The average Bonchev–Trinajstić information content (AvgIpc) is 3.05. The van der Waals surface area contributed by atoms with Gasteiger partial charge in [-0.2, -0.15) is 0 Å². The van der Waals surface area contributed by atoms with Crippen LogP contribution in [0.1, 0.15) is 23.7 Å². The van der Waals surface area contributed by atoms with Gasteiger partial charge in [0, 0.05) is 37.3 Å². The predicted molar refractivity (Wildman–Crippen MR) is 97.6 cm³/mol. The third kappa shape index (κ3) is 4.36. The van der Waals surface area contributed by atoms with Crippen molar-refractivity contribution in [3.05, 3.63) is 52.6 Å². The number of ether oxygens (including phenoxy) is 1. The molecule has 1 atom stereocenters. The van der Waals surface area contributed by atoms with E-state index in [9.17, 15) is 9.59 Å². The van der Waals surface area contributed by atoms with E-state index in [1.807, 2.05) is 12.1 Å². The summed E-state index contributed by atoms with van der Waals surface area (Å²) in [4.78, 5) is 29.6. The van der Waals surface area contributed by atoms with Crippen LogP contribution in [-0.2, 0) is 4.79 Å². The second kappa shape index (κ2) is 7.65. The lowest BCUT2D eigenvalue weighted by Crippen LogP contribution is -2.31. The van der Waals surface area contributed by atoms with Gasteiger partial charge < -0.3 is 15.0 Å². The molecule has 2 amide bonds. The molecule has 2 heterocycles. The monoisotopic (exact) mass is 403 g/mol. The maximum Gasteiger partial charge on any atom is 0.253 e. The van der Waals surface area contributed by atoms with Crippen molar-refractivity contribution in [1.82, 2.24) is 9.88 Å². The molecule has 25 heavy (non-hydrogen) atoms. The summed E-state index contributed by atoms with van der Waals surface area (Å²) in [6, 6.07) is 10.6. The van der Waals surface area contributed by atoms with Crippen molar-refractivity contribution in [2.45, 2.75) is 19.4 Å². The lowest BCUT2D eigenvalue weighted by molar-refractivity contribution is -0.114. The molecule has 1 N–H and O–H groups in total. The zero-order chi connectivity index (χ0) is 17.8. The van der Waals surface area contributed by atoms with E-state index in [0.717, 1.165) is 10.9 Å². The van der Waals surface area contributed by atoms with Crippen LogP contribution in [0.3, 0.4) is 0 Å². The number of anilines is 1. The highest BCUT2D eigenvalue weighted by atomic mass is 79.9. The van der Waals surface area contributed by atoms with Crippen LogP contribution in [0.2, 0.25) is 0 Å². The second-order valence-corrected chi connectivity index (χ2v) is 6.68. The highest BCUT2D eigenvalue weighted by Gasteiger charge is 2.28. The first kappa shape index (κ1) is 17.4. The molecule has 3 rings (SSSR count). The number of carbonyl (C=O) groups is 2. The first-order chi connectivity index (χ1) is 12.0. The van der Waals surface area contributed by atoms with Gasteiger partial charge in [0.25, 0.3) is 5.91 Å². The Morgan fingerprint density at radius 2 is 2.04 bits per heavy atom. The van der Waals surface area contributed by atoms with Gasteiger partial charge in [-0.05, 0) is 52.3 Å². The van der Waals surface area contributed by atoms with Crippen LogP contribution >= 0.6 is 15.9 Å². The lowest BCUT2D eigenvalue weighted by atomic mass is 10.2. The number of nitrogens with one attached hydrogen (secondary N) is 1. The molecule has 0 spiro atoms. The standard InChI is InChI=1S/C18H18BrN3O3/c1-12(23)21-14-6-4-13(5-7-14)18(24)22-10-8-15(11-22)25-17-16(19)3-2-9-20-17/h2-7,9,15H,8,10-11H2,1H3,(H,21,23). The van der Waals surface area contributed by atoms with Crippen LogP contribution in [-0.4, -0.2) is 40.9 Å². The Morgan fingerprint density at radius 3 is 2.72 bits per heavy atom. The average molecular weight is 404 g/mol. The van der Waals surface area contributed by atoms with E-state index in [1.54, 1.807) is 35.4 Å². The SMILES string of the molecule is CC(=O)Nc1ccc(C(=O)N2CCC(Oc3ncccc3Br)C2)cc1. The van der Waals surface area contributed by atoms with Crippen LogP contribution < -0.4 is 10.1 Å². The van der Waals surface area contributed by atoms with E-state index in [2.05, 4.69) is 26.2 Å². The van der Waals surface area contributed by atoms with Gasteiger partial charge in [-0.1, -0.05) is 0 Å². The third-order valence-corrected chi connectivity index (χ3v) is 4.49. The molecular weight excluding hydrogens is 386 g/mol. The number of benzene rings is 1. The summed E-state index contributed by atoms with van der Waals surface area (Å²) in [6.45, 7) is 2.61. The van der Waals surface area contributed by atoms with Crippen molar-refractivity contribution in [1.29, 1.82) is 0 Å². The first-order valence-corrected chi connectivity index (χ1v) is 8.76. The summed E-state index contributed by atoms with van der Waals surface area (Å²) in [7, 11) is 0. The molecular formula is C18H18BrN3O3. The van der Waals surface area contributed by atoms with Gasteiger partial charge in [0.1, 0.15) is 6.10 Å². The van der Waals surface area contributed by atoms with Gasteiger partial charge in [0.2, 0.25) is 11.8 Å². The molecule has 0 saturated carbocycles. The van der Waals surface area contributed by atoms with E-state index < -0.39 is 0 Å². The molecule has 1 saturated heterocycles. The summed E-state index contributed by atoms with van der Waals surface area (Å²) >= 11 is 3.41. The van der Waals surface area contributed by atoms with Crippen LogP contribution in [0.25, 0.3) is 0 Å². The molecule has 1 aromatic carbocycles. The highest BCUT2D eigenvalue weighted by molar-refractivity contribution is 9.10. The van der Waals surface area contributed by atoms with Crippen LogP contribution in [0, 0.1) is 0 Å². The maximum absolute atomic E-state index is 12.6. The molecule has 7 heteroatoms. The highest BCUT2D eigenvalue weighted by Crippen LogP contribution is 2.25. The van der Waals surface area contributed by atoms with E-state index in [1.165, 1.54) is 6.92 Å². The molecule has 0 bridgehead atoms. The topological polar surface area (TPSA) is 71.5 Å². The Hall–Kier alpha value is -2.41. The molecule has 0 radical (unpaired) electrons. The number of hydrogen-bond donors (Lipinski definition) is 1. The van der Waals surface area contributed by atoms with Crippen molar-refractivity contribution in [3.8, 4) is 5.88 Å². The smallest absolute Gasteiger partial charge is 0.253 e. The maximum atomic E-state index is 12.6. The molecule has 1 fully saturated rings. The van der Waals surface area contributed by atoms with E-state index in [4.69, 9.17) is 4.74 Å². The van der Waals surface area contributed by atoms with E-state index in [0.29, 0.717) is 30.2 Å². The first-order valence-electron chi connectivity index (χ1n) is 7.97. The van der Waals surface area contributed by atoms with E-state index >= 15 is 0 Å². The fourth-order valence-electron chi connectivity index (χ4n) is 2.71. The third-order valence-electron chi connectivity index (χ3n) is 3.89. The number of carbonyl (C=O) groups excluding carboxylic acids is 2. The normalized spacial score (nSPS) is 16.6. The largest absolute Gasteiger partial charge is 0.472 e. The van der Waals surface area contributed by atoms with Gasteiger partial charge in [-0.15, -0.1) is 0 Å². The summed E-state index contributed by atoms with van der Waals surface area (Å²) in [6.07, 6.45) is 2.36. The van der Waals surface area contributed by atoms with Crippen molar-refractivity contribution >= 4 is 33.4 Å². The van der Waals surface area contributed by atoms with Gasteiger partial charge in [-0.3, -0.25) is 9.59 Å². The lowest BCUT2D eigenvalue weighted by Gasteiger charge is -2.17. The molecule has 1 aliphatic heterocycles. The number of aromatic nitrogens is 1. The van der Waals surface area contributed by atoms with Gasteiger partial charge >= 0.3 is 0 Å². The molecule has 2 aromatic rings. The molecule has 1 aliphatic rings. The fraction of sp³-hybridized carbons (Fsp3) is 0.278. The number of halogens is 1. The number of likely N-dealkylation sites (tertiary alicyclic amines) is 1. The summed E-state index contributed by atoms with van der Waals surface area (Å²) in [5.41, 5.74) is 1.26. The van der Waals surface area contributed by atoms with Crippen molar-refractivity contribution in [3.63, 3.8) is 0 Å². The zero-order valence-corrected chi connectivity index (χ0v) is 15.3. The van der Waals surface area contributed by atoms with Crippen LogP contribution in [0.15, 0.2) is 47.1 Å². The predicted octanol–water partition coefficient (Wildman–Crippen LogP) is 3.10. The number of amides is 2. The number of pyridine rings is 1. The van der Waals surface area contributed by atoms with Crippen molar-refractivity contribution in [2.24, 2.45) is 0 Å². The zero-order valence-electron chi connectivity index (χ0n) is 13.7. The number of nitrogens with zero attached hydrogens (tertiary/aromatic N) is 2. The number of rotatable bonds is 4. The molecule has 1 aromatic heterocycles. The van der Waals surface area contributed by atoms with Crippen molar-refractivity contribution < 1.29 is 14.3 Å². The number of hydrogen-bond acceptors (Lipinski definition) is 4. The Balaban J connectivity index is 1.60. The minimum Gasteiger partial charge on any atom is -0.472 e. The minimum absolute atomic E-state index is 0.0411. The Kier molecular flexibility index (Phi) is 5.33. The Morgan fingerprint density at radius 1 is 1.28 bits per heavy atom.